The van der Waals surface area contributed by atoms with Crippen LogP contribution in [0.5, 0.6) is 5.75 Å². The largest absolute Gasteiger partial charge is 0.506 e. The fourth-order valence-electron chi connectivity index (χ4n) is 0.748. The summed E-state index contributed by atoms with van der Waals surface area (Å²) >= 11 is 0. The van der Waals surface area contributed by atoms with E-state index >= 15 is 0 Å². The van der Waals surface area contributed by atoms with Crippen molar-refractivity contribution in [1.82, 2.24) is 4.98 Å². The molecule has 0 aliphatic rings. The van der Waals surface area contributed by atoms with Gasteiger partial charge in [-0.25, -0.2) is 0 Å². The molecule has 60 valence electrons. The average Bonchev–Trinajstić information content (AvgIpc) is 1.86. The summed E-state index contributed by atoms with van der Waals surface area (Å²) in [7, 11) is 0. The Morgan fingerprint density at radius 1 is 1.36 bits per heavy atom. The van der Waals surface area contributed by atoms with Crippen LogP contribution in [0.25, 0.3) is 0 Å². The minimum atomic E-state index is -0.937. The van der Waals surface area contributed by atoms with E-state index in [1.54, 1.807) is 19.9 Å². The van der Waals surface area contributed by atoms with Crippen molar-refractivity contribution in [3.05, 3.63) is 24.0 Å². The minimum absolute atomic E-state index is 0.109. The van der Waals surface area contributed by atoms with Gasteiger partial charge in [0, 0.05) is 0 Å². The summed E-state index contributed by atoms with van der Waals surface area (Å²) in [6.45, 7) is 3.29. The van der Waals surface area contributed by atoms with Crippen LogP contribution in [0.15, 0.2) is 18.3 Å². The van der Waals surface area contributed by atoms with Crippen molar-refractivity contribution in [1.29, 1.82) is 0 Å². The van der Waals surface area contributed by atoms with Crippen LogP contribution in [-0.4, -0.2) is 15.2 Å². The number of aromatic nitrogens is 1. The standard InChI is InChI=1S/C8H11NO2/c1-8(2,11)7-4-3-6(10)5-9-7/h3-5,10-11H,1-2H3. The maximum Gasteiger partial charge on any atom is 0.133 e. The molecule has 0 aliphatic heterocycles. The predicted molar refractivity (Wildman–Crippen MR) is 41.1 cm³/mol. The first-order chi connectivity index (χ1) is 5.00. The van der Waals surface area contributed by atoms with Gasteiger partial charge >= 0.3 is 0 Å². The highest BCUT2D eigenvalue weighted by atomic mass is 16.3. The van der Waals surface area contributed by atoms with Crippen molar-refractivity contribution in [2.45, 2.75) is 19.4 Å². The molecule has 1 heterocycles. The van der Waals surface area contributed by atoms with E-state index in [2.05, 4.69) is 4.98 Å². The number of rotatable bonds is 1. The highest BCUT2D eigenvalue weighted by Gasteiger charge is 2.16. The molecule has 1 aromatic rings. The van der Waals surface area contributed by atoms with Crippen LogP contribution in [0.4, 0.5) is 0 Å². The highest BCUT2D eigenvalue weighted by molar-refractivity contribution is 5.20. The second kappa shape index (κ2) is 2.51. The quantitative estimate of drug-likeness (QED) is 0.633. The molecule has 0 fully saturated rings. The van der Waals surface area contributed by atoms with Gasteiger partial charge in [0.05, 0.1) is 11.9 Å². The lowest BCUT2D eigenvalue weighted by atomic mass is 10.1. The van der Waals surface area contributed by atoms with Crippen molar-refractivity contribution < 1.29 is 10.2 Å². The van der Waals surface area contributed by atoms with E-state index in [1.165, 1.54) is 12.3 Å². The van der Waals surface area contributed by atoms with E-state index in [1.807, 2.05) is 0 Å². The first kappa shape index (κ1) is 8.01. The second-order valence-corrected chi connectivity index (χ2v) is 2.96. The molecule has 0 aromatic carbocycles. The van der Waals surface area contributed by atoms with Crippen molar-refractivity contribution in [3.63, 3.8) is 0 Å². The Balaban J connectivity index is 2.99. The van der Waals surface area contributed by atoms with Crippen molar-refractivity contribution in [2.24, 2.45) is 0 Å². The van der Waals surface area contributed by atoms with Gasteiger partial charge in [0.25, 0.3) is 0 Å². The topological polar surface area (TPSA) is 53.4 Å². The van der Waals surface area contributed by atoms with Crippen molar-refractivity contribution in [2.75, 3.05) is 0 Å². The minimum Gasteiger partial charge on any atom is -0.506 e. The van der Waals surface area contributed by atoms with Crippen LogP contribution in [-0.2, 0) is 5.60 Å². The molecule has 0 spiro atoms. The van der Waals surface area contributed by atoms with Crippen LogP contribution >= 0.6 is 0 Å². The molecule has 0 aliphatic carbocycles. The Kier molecular flexibility index (Phi) is 1.83. The molecule has 0 bridgehead atoms. The molecule has 1 rings (SSSR count). The molecule has 0 unspecified atom stereocenters. The van der Waals surface area contributed by atoms with Crippen LogP contribution in [0.3, 0.4) is 0 Å². The Morgan fingerprint density at radius 3 is 2.36 bits per heavy atom. The zero-order valence-corrected chi connectivity index (χ0v) is 6.57. The summed E-state index contributed by atoms with van der Waals surface area (Å²) in [6.07, 6.45) is 1.31. The SMILES string of the molecule is CC(C)(O)c1ccc(O)cn1. The number of nitrogens with zero attached hydrogens (tertiary/aromatic N) is 1. The predicted octanol–water partition coefficient (Wildman–Crippen LogP) is 1.01. The van der Waals surface area contributed by atoms with Crippen LogP contribution < -0.4 is 0 Å². The fourth-order valence-corrected chi connectivity index (χ4v) is 0.748. The molecule has 0 radical (unpaired) electrons. The summed E-state index contributed by atoms with van der Waals surface area (Å²) < 4.78 is 0. The van der Waals surface area contributed by atoms with Crippen LogP contribution in [0.1, 0.15) is 19.5 Å². The Labute approximate surface area is 65.3 Å². The van der Waals surface area contributed by atoms with Crippen molar-refractivity contribution in [3.8, 4) is 5.75 Å². The molecule has 0 saturated heterocycles. The average molecular weight is 153 g/mol. The third kappa shape index (κ3) is 1.91. The fraction of sp³-hybridized carbons (Fsp3) is 0.375. The van der Waals surface area contributed by atoms with E-state index in [0.717, 1.165) is 0 Å². The van der Waals surface area contributed by atoms with Gasteiger partial charge in [0.2, 0.25) is 0 Å². The maximum atomic E-state index is 9.44. The third-order valence-electron chi connectivity index (χ3n) is 1.37. The summed E-state index contributed by atoms with van der Waals surface area (Å²) in [4.78, 5) is 3.85. The van der Waals surface area contributed by atoms with Gasteiger partial charge in [0.1, 0.15) is 11.4 Å². The smallest absolute Gasteiger partial charge is 0.133 e. The second-order valence-electron chi connectivity index (χ2n) is 2.96. The van der Waals surface area contributed by atoms with Gasteiger partial charge in [-0.2, -0.15) is 0 Å². The molecular formula is C8H11NO2. The monoisotopic (exact) mass is 153 g/mol. The number of hydrogen-bond acceptors (Lipinski definition) is 3. The Bertz CT molecular complexity index is 235. The van der Waals surface area contributed by atoms with Gasteiger partial charge in [0.15, 0.2) is 0 Å². The number of aromatic hydroxyl groups is 1. The van der Waals surface area contributed by atoms with Gasteiger partial charge < -0.3 is 10.2 Å². The van der Waals surface area contributed by atoms with Gasteiger partial charge in [-0.3, -0.25) is 4.98 Å². The lowest BCUT2D eigenvalue weighted by Crippen LogP contribution is -2.16. The Morgan fingerprint density at radius 2 is 2.00 bits per heavy atom. The zero-order valence-electron chi connectivity index (χ0n) is 6.57. The van der Waals surface area contributed by atoms with E-state index in [0.29, 0.717) is 5.69 Å². The van der Waals surface area contributed by atoms with Gasteiger partial charge in [-0.05, 0) is 26.0 Å². The van der Waals surface area contributed by atoms with E-state index in [9.17, 15) is 5.11 Å². The third-order valence-corrected chi connectivity index (χ3v) is 1.37. The van der Waals surface area contributed by atoms with Crippen LogP contribution in [0, 0.1) is 0 Å². The number of pyridine rings is 1. The van der Waals surface area contributed by atoms with E-state index in [-0.39, 0.29) is 5.75 Å². The first-order valence-corrected chi connectivity index (χ1v) is 3.38. The lowest BCUT2D eigenvalue weighted by Gasteiger charge is -2.15. The first-order valence-electron chi connectivity index (χ1n) is 3.38. The molecule has 11 heavy (non-hydrogen) atoms. The van der Waals surface area contributed by atoms with Crippen molar-refractivity contribution >= 4 is 0 Å². The summed E-state index contributed by atoms with van der Waals surface area (Å²) in [6, 6.07) is 3.09. The molecule has 1 aromatic heterocycles. The molecule has 3 nitrogen and oxygen atoms in total. The summed E-state index contributed by atoms with van der Waals surface area (Å²) in [5.41, 5.74) is -0.386. The highest BCUT2D eigenvalue weighted by Crippen LogP contribution is 2.18. The van der Waals surface area contributed by atoms with E-state index < -0.39 is 5.60 Å². The molecular weight excluding hydrogens is 142 g/mol. The Hall–Kier alpha value is -1.09. The number of hydrogen-bond donors (Lipinski definition) is 2. The molecule has 2 N–H and O–H groups in total. The van der Waals surface area contributed by atoms with Gasteiger partial charge in [-0.15, -0.1) is 0 Å². The molecule has 3 heteroatoms. The molecule has 0 saturated carbocycles. The van der Waals surface area contributed by atoms with Crippen LogP contribution in [0.2, 0.25) is 0 Å². The lowest BCUT2D eigenvalue weighted by molar-refractivity contribution is 0.0738. The maximum absolute atomic E-state index is 9.44. The number of aliphatic hydroxyl groups is 1. The van der Waals surface area contributed by atoms with E-state index in [4.69, 9.17) is 5.11 Å². The summed E-state index contributed by atoms with van der Waals surface area (Å²) in [5.74, 6) is 0.109. The normalized spacial score (nSPS) is 11.5. The molecule has 0 amide bonds. The molecule has 0 atom stereocenters. The summed E-state index contributed by atoms with van der Waals surface area (Å²) in [5, 5.41) is 18.3. The van der Waals surface area contributed by atoms with Gasteiger partial charge in [-0.1, -0.05) is 0 Å². The zero-order chi connectivity index (χ0) is 8.48.